The molecule has 6 nitrogen and oxygen atoms in total. The second-order valence-corrected chi connectivity index (χ2v) is 5.76. The summed E-state index contributed by atoms with van der Waals surface area (Å²) in [4.78, 5) is 26.7. The van der Waals surface area contributed by atoms with Gasteiger partial charge in [0.05, 0.1) is 5.56 Å². The largest absolute Gasteiger partial charge is 0.491 e. The van der Waals surface area contributed by atoms with Gasteiger partial charge in [-0.2, -0.15) is 0 Å². The van der Waals surface area contributed by atoms with Crippen LogP contribution in [0.3, 0.4) is 0 Å². The molecule has 1 fully saturated rings. The third kappa shape index (κ3) is 4.01. The third-order valence-corrected chi connectivity index (χ3v) is 4.05. The van der Waals surface area contributed by atoms with Gasteiger partial charge in [0.15, 0.2) is 0 Å². The molecule has 23 heavy (non-hydrogen) atoms. The average Bonchev–Trinajstić information content (AvgIpc) is 2.59. The van der Waals surface area contributed by atoms with Crippen LogP contribution in [-0.2, 0) is 4.79 Å². The molecule has 1 aliphatic heterocycles. The Labute approximate surface area is 137 Å². The van der Waals surface area contributed by atoms with Crippen molar-refractivity contribution >= 4 is 11.8 Å². The summed E-state index contributed by atoms with van der Waals surface area (Å²) in [6, 6.07) is 5.08. The molecule has 1 aliphatic rings. The molecule has 3 N–H and O–H groups in total. The first kappa shape index (κ1) is 17.3. The van der Waals surface area contributed by atoms with Crippen LogP contribution in [0.4, 0.5) is 0 Å². The summed E-state index contributed by atoms with van der Waals surface area (Å²) in [7, 11) is 1.60. The lowest BCUT2D eigenvalue weighted by Gasteiger charge is -2.34. The van der Waals surface area contributed by atoms with E-state index in [2.05, 4.69) is 5.32 Å². The van der Waals surface area contributed by atoms with Gasteiger partial charge in [-0.05, 0) is 38.3 Å². The predicted octanol–water partition coefficient (Wildman–Crippen LogP) is 1.07. The second kappa shape index (κ2) is 7.97. The summed E-state index contributed by atoms with van der Waals surface area (Å²) in [6.45, 7) is 3.24. The molecule has 0 bridgehead atoms. The lowest BCUT2D eigenvalue weighted by molar-refractivity contribution is -0.126. The van der Waals surface area contributed by atoms with E-state index in [1.54, 1.807) is 18.0 Å². The van der Waals surface area contributed by atoms with Crippen LogP contribution in [0.25, 0.3) is 0 Å². The number of carbonyl (C=O) groups excluding carboxylic acids is 2. The molecule has 1 aromatic carbocycles. The number of ether oxygens (including phenoxy) is 1. The normalized spacial score (nSPS) is 17.7. The van der Waals surface area contributed by atoms with Gasteiger partial charge in [0.2, 0.25) is 5.91 Å². The minimum Gasteiger partial charge on any atom is -0.491 e. The number of nitrogens with two attached hydrogens (primary N) is 1. The van der Waals surface area contributed by atoms with E-state index >= 15 is 0 Å². The van der Waals surface area contributed by atoms with Crippen molar-refractivity contribution in [2.24, 2.45) is 5.73 Å². The number of aryl methyl sites for hydroxylation is 1. The number of hydrogen-bond acceptors (Lipinski definition) is 4. The Morgan fingerprint density at radius 2 is 2.17 bits per heavy atom. The van der Waals surface area contributed by atoms with Crippen LogP contribution in [0.15, 0.2) is 18.2 Å². The van der Waals surface area contributed by atoms with Crippen molar-refractivity contribution in [3.05, 3.63) is 29.3 Å². The number of nitrogens with one attached hydrogen (secondary N) is 1. The third-order valence-electron chi connectivity index (χ3n) is 4.05. The van der Waals surface area contributed by atoms with E-state index in [1.807, 2.05) is 19.1 Å². The average molecular weight is 319 g/mol. The van der Waals surface area contributed by atoms with Crippen molar-refractivity contribution in [3.63, 3.8) is 0 Å². The molecule has 0 radical (unpaired) electrons. The molecule has 126 valence electrons. The summed E-state index contributed by atoms with van der Waals surface area (Å²) in [5.74, 6) is 0.247. The second-order valence-electron chi connectivity index (χ2n) is 5.76. The van der Waals surface area contributed by atoms with Crippen LogP contribution in [0.5, 0.6) is 5.75 Å². The molecule has 2 amide bonds. The number of benzene rings is 1. The zero-order valence-electron chi connectivity index (χ0n) is 13.8. The fourth-order valence-corrected chi connectivity index (χ4v) is 2.87. The molecule has 2 rings (SSSR count). The van der Waals surface area contributed by atoms with Crippen LogP contribution in [0.1, 0.15) is 35.2 Å². The van der Waals surface area contributed by atoms with Crippen molar-refractivity contribution in [1.82, 2.24) is 10.2 Å². The van der Waals surface area contributed by atoms with Crippen LogP contribution in [0.2, 0.25) is 0 Å². The predicted molar refractivity (Wildman–Crippen MR) is 88.5 cm³/mol. The van der Waals surface area contributed by atoms with E-state index in [0.717, 1.165) is 18.4 Å². The fraction of sp³-hybridized carbons (Fsp3) is 0.529. The quantitative estimate of drug-likeness (QED) is 0.850. The standard InChI is InChI=1S/C17H25N3O3/c1-12-6-7-15(23-10-8-18)13(11-12)17(22)20-9-4-3-5-14(20)16(21)19-2/h6-7,11,14H,3-5,8-10,18H2,1-2H3,(H,19,21)/t14-/m0/s1. The molecule has 1 saturated heterocycles. The number of likely N-dealkylation sites (tertiary alicyclic amines) is 1. The Kier molecular flexibility index (Phi) is 5.98. The maximum Gasteiger partial charge on any atom is 0.258 e. The molecule has 1 atom stereocenters. The first-order chi connectivity index (χ1) is 11.1. The molecule has 0 aromatic heterocycles. The highest BCUT2D eigenvalue weighted by Gasteiger charge is 2.33. The van der Waals surface area contributed by atoms with Gasteiger partial charge in [0.1, 0.15) is 18.4 Å². The summed E-state index contributed by atoms with van der Waals surface area (Å²) in [5, 5.41) is 2.65. The minimum absolute atomic E-state index is 0.116. The number of amides is 2. The Bertz CT molecular complexity index is 574. The van der Waals surface area contributed by atoms with Gasteiger partial charge < -0.3 is 20.7 Å². The maximum atomic E-state index is 13.0. The first-order valence-corrected chi connectivity index (χ1v) is 8.04. The molecular formula is C17H25N3O3. The van der Waals surface area contributed by atoms with E-state index in [4.69, 9.17) is 10.5 Å². The number of carbonyl (C=O) groups is 2. The zero-order valence-corrected chi connectivity index (χ0v) is 13.8. The van der Waals surface area contributed by atoms with Gasteiger partial charge in [-0.15, -0.1) is 0 Å². The molecule has 0 unspecified atom stereocenters. The SMILES string of the molecule is CNC(=O)[C@@H]1CCCCN1C(=O)c1cc(C)ccc1OCCN. The topological polar surface area (TPSA) is 84.7 Å². The monoisotopic (exact) mass is 319 g/mol. The van der Waals surface area contributed by atoms with Crippen LogP contribution in [-0.4, -0.2) is 49.5 Å². The van der Waals surface area contributed by atoms with Gasteiger partial charge in [-0.3, -0.25) is 9.59 Å². The van der Waals surface area contributed by atoms with Crippen LogP contribution in [0, 0.1) is 6.92 Å². The zero-order chi connectivity index (χ0) is 16.8. The smallest absolute Gasteiger partial charge is 0.258 e. The molecule has 1 heterocycles. The maximum absolute atomic E-state index is 13.0. The van der Waals surface area contributed by atoms with Crippen LogP contribution < -0.4 is 15.8 Å². The van der Waals surface area contributed by atoms with Crippen molar-refractivity contribution in [1.29, 1.82) is 0 Å². The Morgan fingerprint density at radius 1 is 1.39 bits per heavy atom. The van der Waals surface area contributed by atoms with Gasteiger partial charge in [0, 0.05) is 20.1 Å². The van der Waals surface area contributed by atoms with Gasteiger partial charge in [0.25, 0.3) is 5.91 Å². The summed E-state index contributed by atoms with van der Waals surface area (Å²) in [5.41, 5.74) is 6.95. The summed E-state index contributed by atoms with van der Waals surface area (Å²) in [6.07, 6.45) is 2.55. The van der Waals surface area contributed by atoms with Crippen molar-refractivity contribution < 1.29 is 14.3 Å². The molecule has 1 aromatic rings. The van der Waals surface area contributed by atoms with Gasteiger partial charge in [-0.1, -0.05) is 11.6 Å². The summed E-state index contributed by atoms with van der Waals surface area (Å²) < 4.78 is 5.60. The highest BCUT2D eigenvalue weighted by molar-refractivity contribution is 6.00. The van der Waals surface area contributed by atoms with E-state index in [9.17, 15) is 9.59 Å². The van der Waals surface area contributed by atoms with E-state index < -0.39 is 6.04 Å². The number of likely N-dealkylation sites (N-methyl/N-ethyl adjacent to an activating group) is 1. The lowest BCUT2D eigenvalue weighted by atomic mass is 9.99. The highest BCUT2D eigenvalue weighted by atomic mass is 16.5. The molecule has 6 heteroatoms. The Balaban J connectivity index is 2.30. The van der Waals surface area contributed by atoms with Crippen molar-refractivity contribution in [2.75, 3.05) is 26.7 Å². The molecule has 0 aliphatic carbocycles. The first-order valence-electron chi connectivity index (χ1n) is 8.04. The number of piperidine rings is 1. The number of rotatable bonds is 5. The molecular weight excluding hydrogens is 294 g/mol. The number of hydrogen-bond donors (Lipinski definition) is 2. The van der Waals surface area contributed by atoms with Gasteiger partial charge in [-0.25, -0.2) is 0 Å². The van der Waals surface area contributed by atoms with Crippen LogP contribution >= 0.6 is 0 Å². The lowest BCUT2D eigenvalue weighted by Crippen LogP contribution is -2.51. The van der Waals surface area contributed by atoms with Crippen molar-refractivity contribution in [2.45, 2.75) is 32.2 Å². The Morgan fingerprint density at radius 3 is 2.87 bits per heavy atom. The molecule has 0 spiro atoms. The molecule has 0 saturated carbocycles. The van der Waals surface area contributed by atoms with E-state index in [0.29, 0.717) is 37.4 Å². The van der Waals surface area contributed by atoms with Crippen molar-refractivity contribution in [3.8, 4) is 5.75 Å². The highest BCUT2D eigenvalue weighted by Crippen LogP contribution is 2.26. The van der Waals surface area contributed by atoms with Gasteiger partial charge >= 0.3 is 0 Å². The minimum atomic E-state index is -0.413. The summed E-state index contributed by atoms with van der Waals surface area (Å²) >= 11 is 0. The fourth-order valence-electron chi connectivity index (χ4n) is 2.87. The Hall–Kier alpha value is -2.08. The van der Waals surface area contributed by atoms with E-state index in [1.165, 1.54) is 0 Å². The van der Waals surface area contributed by atoms with E-state index in [-0.39, 0.29) is 11.8 Å². The number of nitrogens with zero attached hydrogens (tertiary/aromatic N) is 1.